The van der Waals surface area contributed by atoms with Crippen LogP contribution in [-0.2, 0) is 9.53 Å². The normalized spacial score (nSPS) is 20.0. The highest BCUT2D eigenvalue weighted by atomic mass is 16.5. The molecule has 1 aliphatic heterocycles. The third-order valence-electron chi connectivity index (χ3n) is 3.03. The lowest BCUT2D eigenvalue weighted by Crippen LogP contribution is -2.51. The second-order valence-electron chi connectivity index (χ2n) is 4.27. The number of aryl methyl sites for hydroxylation is 1. The van der Waals surface area contributed by atoms with E-state index in [1.54, 1.807) is 11.9 Å². The van der Waals surface area contributed by atoms with Crippen molar-refractivity contribution >= 4 is 11.6 Å². The summed E-state index contributed by atoms with van der Waals surface area (Å²) in [4.78, 5) is 13.9. The van der Waals surface area contributed by atoms with Gasteiger partial charge in [-0.2, -0.15) is 0 Å². The van der Waals surface area contributed by atoms with Gasteiger partial charge in [0.1, 0.15) is 6.04 Å². The lowest BCUT2D eigenvalue weighted by atomic mass is 10.1. The van der Waals surface area contributed by atoms with Gasteiger partial charge in [0.2, 0.25) is 5.91 Å². The minimum absolute atomic E-state index is 0.0546. The highest BCUT2D eigenvalue weighted by Gasteiger charge is 2.25. The summed E-state index contributed by atoms with van der Waals surface area (Å²) in [5, 5.41) is 3.17. The number of rotatable bonds is 2. The maximum atomic E-state index is 12.2. The molecule has 0 aromatic heterocycles. The fraction of sp³-hybridized carbons (Fsp3) is 0.462. The summed E-state index contributed by atoms with van der Waals surface area (Å²) in [5.41, 5.74) is 2.05. The van der Waals surface area contributed by atoms with Crippen molar-refractivity contribution in [1.29, 1.82) is 0 Å². The fourth-order valence-electron chi connectivity index (χ4n) is 2.02. The molecule has 1 amide bonds. The molecule has 0 aliphatic carbocycles. The standard InChI is InChI=1S/C13H18N2O2/c1-10-5-3-4-6-12(10)15(2)13(16)11-9-17-8-7-14-11/h3-6,11,14H,7-9H2,1-2H3. The van der Waals surface area contributed by atoms with E-state index in [9.17, 15) is 4.79 Å². The quantitative estimate of drug-likeness (QED) is 0.828. The molecule has 1 heterocycles. The van der Waals surface area contributed by atoms with Crippen LogP contribution in [0.3, 0.4) is 0 Å². The summed E-state index contributed by atoms with van der Waals surface area (Å²) < 4.78 is 5.31. The summed E-state index contributed by atoms with van der Waals surface area (Å²) >= 11 is 0. The lowest BCUT2D eigenvalue weighted by Gasteiger charge is -2.28. The van der Waals surface area contributed by atoms with Crippen LogP contribution in [0.4, 0.5) is 5.69 Å². The smallest absolute Gasteiger partial charge is 0.246 e. The summed E-state index contributed by atoms with van der Waals surface area (Å²) in [6.07, 6.45) is 0. The van der Waals surface area contributed by atoms with Gasteiger partial charge in [-0.15, -0.1) is 0 Å². The zero-order chi connectivity index (χ0) is 12.3. The van der Waals surface area contributed by atoms with Crippen LogP contribution in [0.1, 0.15) is 5.56 Å². The van der Waals surface area contributed by atoms with Gasteiger partial charge >= 0.3 is 0 Å². The average molecular weight is 234 g/mol. The number of carbonyl (C=O) groups excluding carboxylic acids is 1. The zero-order valence-corrected chi connectivity index (χ0v) is 10.3. The van der Waals surface area contributed by atoms with Crippen LogP contribution in [0.25, 0.3) is 0 Å². The molecule has 1 aliphatic rings. The number of nitrogens with zero attached hydrogens (tertiary/aromatic N) is 1. The summed E-state index contributed by atoms with van der Waals surface area (Å²) in [5.74, 6) is 0.0546. The minimum atomic E-state index is -0.228. The maximum Gasteiger partial charge on any atom is 0.246 e. The van der Waals surface area contributed by atoms with Gasteiger partial charge in [-0.1, -0.05) is 18.2 Å². The van der Waals surface area contributed by atoms with Gasteiger partial charge < -0.3 is 15.0 Å². The Morgan fingerprint density at radius 1 is 1.47 bits per heavy atom. The number of para-hydroxylation sites is 1. The van der Waals surface area contributed by atoms with Gasteiger partial charge in [0, 0.05) is 19.3 Å². The van der Waals surface area contributed by atoms with E-state index >= 15 is 0 Å². The number of ether oxygens (including phenoxy) is 1. The molecule has 2 rings (SSSR count). The van der Waals surface area contributed by atoms with Crippen molar-refractivity contribution in [2.45, 2.75) is 13.0 Å². The number of amides is 1. The Hall–Kier alpha value is -1.39. The van der Waals surface area contributed by atoms with Crippen molar-refractivity contribution in [3.63, 3.8) is 0 Å². The molecule has 1 aromatic carbocycles. The first-order valence-corrected chi connectivity index (χ1v) is 5.84. The van der Waals surface area contributed by atoms with E-state index in [2.05, 4.69) is 5.32 Å². The molecule has 0 saturated carbocycles. The van der Waals surface area contributed by atoms with E-state index in [4.69, 9.17) is 4.74 Å². The third-order valence-corrected chi connectivity index (χ3v) is 3.03. The molecular formula is C13H18N2O2. The van der Waals surface area contributed by atoms with E-state index < -0.39 is 0 Å². The van der Waals surface area contributed by atoms with Gasteiger partial charge in [0.05, 0.1) is 13.2 Å². The van der Waals surface area contributed by atoms with Crippen LogP contribution in [0.15, 0.2) is 24.3 Å². The van der Waals surface area contributed by atoms with E-state index in [0.717, 1.165) is 17.8 Å². The predicted molar refractivity (Wildman–Crippen MR) is 67.2 cm³/mol. The van der Waals surface area contributed by atoms with E-state index in [1.165, 1.54) is 0 Å². The molecule has 1 aromatic rings. The van der Waals surface area contributed by atoms with Crippen molar-refractivity contribution in [1.82, 2.24) is 5.32 Å². The number of nitrogens with one attached hydrogen (secondary N) is 1. The molecule has 0 radical (unpaired) electrons. The van der Waals surface area contributed by atoms with E-state index in [-0.39, 0.29) is 11.9 Å². The van der Waals surface area contributed by atoms with Gasteiger partial charge in [-0.25, -0.2) is 0 Å². The van der Waals surface area contributed by atoms with Gasteiger partial charge in [-0.05, 0) is 18.6 Å². The van der Waals surface area contributed by atoms with Crippen molar-refractivity contribution in [2.75, 3.05) is 31.7 Å². The average Bonchev–Trinajstić information content (AvgIpc) is 2.39. The monoisotopic (exact) mass is 234 g/mol. The maximum absolute atomic E-state index is 12.2. The van der Waals surface area contributed by atoms with Crippen LogP contribution in [0.2, 0.25) is 0 Å². The first-order chi connectivity index (χ1) is 8.20. The Morgan fingerprint density at radius 3 is 2.88 bits per heavy atom. The highest BCUT2D eigenvalue weighted by Crippen LogP contribution is 2.18. The first kappa shape index (κ1) is 12.1. The molecule has 1 fully saturated rings. The molecule has 1 unspecified atom stereocenters. The second-order valence-corrected chi connectivity index (χ2v) is 4.27. The Bertz CT molecular complexity index is 400. The molecule has 4 nitrogen and oxygen atoms in total. The van der Waals surface area contributed by atoms with Crippen LogP contribution < -0.4 is 10.2 Å². The minimum Gasteiger partial charge on any atom is -0.378 e. The number of anilines is 1. The second kappa shape index (κ2) is 5.29. The lowest BCUT2D eigenvalue weighted by molar-refractivity contribution is -0.123. The third kappa shape index (κ3) is 2.65. The predicted octanol–water partition coefficient (Wildman–Crippen LogP) is 0.946. The van der Waals surface area contributed by atoms with Crippen molar-refractivity contribution in [3.05, 3.63) is 29.8 Å². The fourth-order valence-corrected chi connectivity index (χ4v) is 2.02. The van der Waals surface area contributed by atoms with Crippen LogP contribution >= 0.6 is 0 Å². The zero-order valence-electron chi connectivity index (χ0n) is 10.3. The number of benzene rings is 1. The Labute approximate surface area is 102 Å². The summed E-state index contributed by atoms with van der Waals surface area (Å²) in [6, 6.07) is 7.64. The summed E-state index contributed by atoms with van der Waals surface area (Å²) in [6.45, 7) is 3.87. The van der Waals surface area contributed by atoms with Gasteiger partial charge in [-0.3, -0.25) is 4.79 Å². The molecule has 1 atom stereocenters. The molecule has 17 heavy (non-hydrogen) atoms. The SMILES string of the molecule is Cc1ccccc1N(C)C(=O)C1COCCN1. The number of morpholine rings is 1. The van der Waals surface area contributed by atoms with Crippen LogP contribution in [-0.4, -0.2) is 38.8 Å². The van der Waals surface area contributed by atoms with Crippen LogP contribution in [0.5, 0.6) is 0 Å². The Morgan fingerprint density at radius 2 is 2.24 bits per heavy atom. The topological polar surface area (TPSA) is 41.6 Å². The molecule has 1 N–H and O–H groups in total. The first-order valence-electron chi connectivity index (χ1n) is 5.84. The molecule has 0 spiro atoms. The highest BCUT2D eigenvalue weighted by molar-refractivity contribution is 5.97. The molecular weight excluding hydrogens is 216 g/mol. The number of hydrogen-bond donors (Lipinski definition) is 1. The Kier molecular flexibility index (Phi) is 3.76. The molecule has 0 bridgehead atoms. The number of likely N-dealkylation sites (N-methyl/N-ethyl adjacent to an activating group) is 1. The van der Waals surface area contributed by atoms with Gasteiger partial charge in [0.25, 0.3) is 0 Å². The van der Waals surface area contributed by atoms with Crippen molar-refractivity contribution < 1.29 is 9.53 Å². The van der Waals surface area contributed by atoms with E-state index in [1.807, 2.05) is 31.2 Å². The Balaban J connectivity index is 2.11. The number of carbonyl (C=O) groups is 1. The largest absolute Gasteiger partial charge is 0.378 e. The van der Waals surface area contributed by atoms with E-state index in [0.29, 0.717) is 13.2 Å². The molecule has 1 saturated heterocycles. The number of hydrogen-bond acceptors (Lipinski definition) is 3. The molecule has 92 valence electrons. The van der Waals surface area contributed by atoms with Crippen molar-refractivity contribution in [2.24, 2.45) is 0 Å². The van der Waals surface area contributed by atoms with Crippen LogP contribution in [0, 0.1) is 6.92 Å². The van der Waals surface area contributed by atoms with Gasteiger partial charge in [0.15, 0.2) is 0 Å². The van der Waals surface area contributed by atoms with Crippen molar-refractivity contribution in [3.8, 4) is 0 Å². The summed E-state index contributed by atoms with van der Waals surface area (Å²) in [7, 11) is 1.81. The molecule has 4 heteroatoms.